The number of H-pyrrole nitrogens is 1. The smallest absolute Gasteiger partial charge is 0.312 e. The normalized spacial score (nSPS) is 13.7. The molecule has 1 aliphatic heterocycles. The van der Waals surface area contributed by atoms with Crippen LogP contribution in [0, 0.1) is 6.92 Å². The second-order valence-electron chi connectivity index (χ2n) is 7.15. The monoisotopic (exact) mass is 427 g/mol. The van der Waals surface area contributed by atoms with Crippen LogP contribution in [0.25, 0.3) is 5.69 Å². The molecular formula is C20H21N5O4S. The maximum atomic E-state index is 13.0. The molecule has 2 heterocycles. The number of carbonyl (C=O) groups is 1. The number of rotatable bonds is 4. The number of hydrogen-bond donors (Lipinski definition) is 2. The van der Waals surface area contributed by atoms with Gasteiger partial charge in [-0.2, -0.15) is 5.10 Å². The van der Waals surface area contributed by atoms with Crippen molar-refractivity contribution >= 4 is 27.3 Å². The third kappa shape index (κ3) is 3.50. The molecule has 3 aromatic rings. The number of aromatic nitrogens is 3. The molecule has 9 nitrogen and oxygen atoms in total. The van der Waals surface area contributed by atoms with E-state index in [4.69, 9.17) is 0 Å². The number of nitrogens with zero attached hydrogens (tertiary/aromatic N) is 3. The highest BCUT2D eigenvalue weighted by molar-refractivity contribution is 7.92. The number of aryl methyl sites for hydroxylation is 1. The number of hydrogen-bond acceptors (Lipinski definition) is 5. The molecule has 0 radical (unpaired) electrons. The van der Waals surface area contributed by atoms with Crippen LogP contribution in [0.15, 0.2) is 52.4 Å². The van der Waals surface area contributed by atoms with Crippen molar-refractivity contribution in [2.24, 2.45) is 0 Å². The van der Waals surface area contributed by atoms with Crippen molar-refractivity contribution in [3.8, 4) is 5.69 Å². The van der Waals surface area contributed by atoms with Crippen molar-refractivity contribution in [1.82, 2.24) is 14.8 Å². The van der Waals surface area contributed by atoms with Crippen LogP contribution in [0.1, 0.15) is 24.5 Å². The summed E-state index contributed by atoms with van der Waals surface area (Å²) in [7, 11) is -3.87. The zero-order valence-electron chi connectivity index (χ0n) is 16.5. The van der Waals surface area contributed by atoms with E-state index in [0.29, 0.717) is 29.9 Å². The zero-order valence-corrected chi connectivity index (χ0v) is 17.4. The number of nitrogens with one attached hydrogen (secondary N) is 2. The fourth-order valence-corrected chi connectivity index (χ4v) is 4.86. The van der Waals surface area contributed by atoms with Gasteiger partial charge in [-0.3, -0.25) is 9.52 Å². The minimum Gasteiger partial charge on any atom is -0.312 e. The number of sulfonamides is 1. The molecule has 2 N–H and O–H groups in total. The fraction of sp³-hybridized carbons (Fsp3) is 0.250. The Hall–Kier alpha value is -3.40. The largest absolute Gasteiger partial charge is 0.347 e. The van der Waals surface area contributed by atoms with Crippen LogP contribution < -0.4 is 15.3 Å². The van der Waals surface area contributed by atoms with E-state index in [1.807, 2.05) is 0 Å². The number of benzene rings is 2. The lowest BCUT2D eigenvalue weighted by Gasteiger charge is -2.28. The third-order valence-corrected chi connectivity index (χ3v) is 6.58. The summed E-state index contributed by atoms with van der Waals surface area (Å²) in [6.45, 7) is 3.86. The minimum absolute atomic E-state index is 0.0633. The predicted molar refractivity (Wildman–Crippen MR) is 113 cm³/mol. The van der Waals surface area contributed by atoms with Crippen molar-refractivity contribution in [3.63, 3.8) is 0 Å². The van der Waals surface area contributed by atoms with Crippen LogP contribution in [0.5, 0.6) is 0 Å². The summed E-state index contributed by atoms with van der Waals surface area (Å²) in [5, 5.41) is 6.03. The van der Waals surface area contributed by atoms with Gasteiger partial charge in [0.15, 0.2) is 0 Å². The lowest BCUT2D eigenvalue weighted by atomic mass is 10.0. The molecule has 1 aromatic heterocycles. The van der Waals surface area contributed by atoms with Crippen molar-refractivity contribution < 1.29 is 13.2 Å². The maximum Gasteiger partial charge on any atom is 0.347 e. The van der Waals surface area contributed by atoms with Crippen LogP contribution in [0.3, 0.4) is 0 Å². The quantitative estimate of drug-likeness (QED) is 0.660. The van der Waals surface area contributed by atoms with E-state index in [-0.39, 0.29) is 10.8 Å². The third-order valence-electron chi connectivity index (χ3n) is 5.22. The Morgan fingerprint density at radius 1 is 1.20 bits per heavy atom. The molecular weight excluding hydrogens is 406 g/mol. The molecule has 0 spiro atoms. The lowest BCUT2D eigenvalue weighted by Crippen LogP contribution is -2.33. The number of fused-ring (bicyclic) bond motifs is 1. The Labute approximate surface area is 173 Å². The highest BCUT2D eigenvalue weighted by atomic mass is 32.2. The summed E-state index contributed by atoms with van der Waals surface area (Å²) in [5.74, 6) is -0.0633. The van der Waals surface area contributed by atoms with Gasteiger partial charge in [0.05, 0.1) is 16.3 Å². The van der Waals surface area contributed by atoms with Gasteiger partial charge in [0.25, 0.3) is 10.0 Å². The van der Waals surface area contributed by atoms with Gasteiger partial charge >= 0.3 is 5.69 Å². The number of aromatic amines is 1. The molecule has 4 rings (SSSR count). The van der Waals surface area contributed by atoms with Gasteiger partial charge in [0, 0.05) is 19.2 Å². The molecule has 2 aromatic carbocycles. The van der Waals surface area contributed by atoms with E-state index in [1.165, 1.54) is 23.9 Å². The molecule has 1 amide bonds. The molecule has 0 aliphatic carbocycles. The molecule has 0 saturated heterocycles. The first kappa shape index (κ1) is 19.9. The molecule has 10 heteroatoms. The molecule has 1 aliphatic rings. The SMILES string of the molecule is CC(=O)N1CCCc2cc(S(=O)(=O)Nc3cccc(-n4cn[nH]c4=O)c3C)ccc21. The summed E-state index contributed by atoms with van der Waals surface area (Å²) in [5.41, 5.74) is 2.65. The molecule has 0 bridgehead atoms. The van der Waals surface area contributed by atoms with Gasteiger partial charge in [-0.25, -0.2) is 22.9 Å². The standard InChI is InChI=1S/C20H21N5O4S/c1-13-17(6-3-7-18(13)25-12-21-22-20(25)27)23-30(28,29)16-8-9-19-15(11-16)5-4-10-24(19)14(2)26/h3,6-9,11-12,23H,4-5,10H2,1-2H3,(H,22,27). The summed E-state index contributed by atoms with van der Waals surface area (Å²) >= 11 is 0. The zero-order chi connectivity index (χ0) is 21.5. The summed E-state index contributed by atoms with van der Waals surface area (Å²) in [6, 6.07) is 9.81. The average molecular weight is 427 g/mol. The minimum atomic E-state index is -3.87. The van der Waals surface area contributed by atoms with Crippen LogP contribution >= 0.6 is 0 Å². The summed E-state index contributed by atoms with van der Waals surface area (Å²) in [6.07, 6.45) is 2.83. The predicted octanol–water partition coefficient (Wildman–Crippen LogP) is 1.97. The van der Waals surface area contributed by atoms with Gasteiger partial charge in [-0.05, 0) is 61.2 Å². The van der Waals surface area contributed by atoms with Crippen LogP contribution in [0.4, 0.5) is 11.4 Å². The van der Waals surface area contributed by atoms with Gasteiger partial charge in [-0.15, -0.1) is 0 Å². The fourth-order valence-electron chi connectivity index (χ4n) is 3.69. The number of amides is 1. The Morgan fingerprint density at radius 3 is 2.70 bits per heavy atom. The lowest BCUT2D eigenvalue weighted by molar-refractivity contribution is -0.116. The van der Waals surface area contributed by atoms with Gasteiger partial charge in [-0.1, -0.05) is 6.07 Å². The first-order chi connectivity index (χ1) is 14.3. The molecule has 0 fully saturated rings. The van der Waals surface area contributed by atoms with Crippen LogP contribution in [0.2, 0.25) is 0 Å². The molecule has 0 saturated carbocycles. The highest BCUT2D eigenvalue weighted by Crippen LogP contribution is 2.31. The van der Waals surface area contributed by atoms with E-state index in [2.05, 4.69) is 14.9 Å². The van der Waals surface area contributed by atoms with Gasteiger partial charge in [0.2, 0.25) is 5.91 Å². The van der Waals surface area contributed by atoms with E-state index in [9.17, 15) is 18.0 Å². The summed E-state index contributed by atoms with van der Waals surface area (Å²) < 4.78 is 30.0. The van der Waals surface area contributed by atoms with Crippen molar-refractivity contribution in [2.45, 2.75) is 31.6 Å². The molecule has 30 heavy (non-hydrogen) atoms. The van der Waals surface area contributed by atoms with Gasteiger partial charge in [0.1, 0.15) is 6.33 Å². The van der Waals surface area contributed by atoms with E-state index >= 15 is 0 Å². The Kier molecular flexibility index (Phi) is 4.94. The Bertz CT molecular complexity index is 1290. The van der Waals surface area contributed by atoms with E-state index in [0.717, 1.165) is 17.7 Å². The first-order valence-electron chi connectivity index (χ1n) is 9.44. The maximum absolute atomic E-state index is 13.0. The Morgan fingerprint density at radius 2 is 2.00 bits per heavy atom. The molecule has 0 unspecified atom stereocenters. The van der Waals surface area contributed by atoms with Crippen LogP contribution in [-0.4, -0.2) is 35.6 Å². The number of carbonyl (C=O) groups excluding carboxylic acids is 1. The summed E-state index contributed by atoms with van der Waals surface area (Å²) in [4.78, 5) is 25.5. The van der Waals surface area contributed by atoms with E-state index in [1.54, 1.807) is 42.2 Å². The van der Waals surface area contributed by atoms with Gasteiger partial charge < -0.3 is 4.90 Å². The topological polar surface area (TPSA) is 117 Å². The average Bonchev–Trinajstić information content (AvgIpc) is 3.14. The van der Waals surface area contributed by atoms with Crippen molar-refractivity contribution in [2.75, 3.05) is 16.2 Å². The molecule has 0 atom stereocenters. The van der Waals surface area contributed by atoms with Crippen molar-refractivity contribution in [3.05, 3.63) is 64.3 Å². The molecule has 156 valence electrons. The second-order valence-corrected chi connectivity index (χ2v) is 8.83. The van der Waals surface area contributed by atoms with E-state index < -0.39 is 15.7 Å². The Balaban J connectivity index is 1.69. The van der Waals surface area contributed by atoms with Crippen LogP contribution in [-0.2, 0) is 21.2 Å². The second kappa shape index (κ2) is 7.45. The first-order valence-corrected chi connectivity index (χ1v) is 10.9. The highest BCUT2D eigenvalue weighted by Gasteiger charge is 2.23. The van der Waals surface area contributed by atoms with Crippen molar-refractivity contribution in [1.29, 1.82) is 0 Å². The number of anilines is 2.